The van der Waals surface area contributed by atoms with Crippen molar-refractivity contribution in [2.75, 3.05) is 13.1 Å². The Bertz CT molecular complexity index is 277. The van der Waals surface area contributed by atoms with Crippen molar-refractivity contribution in [1.29, 1.82) is 0 Å². The molecule has 1 rings (SSSR count). The first-order valence-electron chi connectivity index (χ1n) is 4.41. The van der Waals surface area contributed by atoms with Crippen molar-refractivity contribution < 1.29 is 27.9 Å². The lowest BCUT2D eigenvalue weighted by molar-refractivity contribution is -0.187. The third-order valence-electron chi connectivity index (χ3n) is 2.30. The van der Waals surface area contributed by atoms with Crippen molar-refractivity contribution in [2.24, 2.45) is 5.92 Å². The van der Waals surface area contributed by atoms with Gasteiger partial charge in [0.05, 0.1) is 5.92 Å². The molecule has 0 aromatic carbocycles. The van der Waals surface area contributed by atoms with Crippen LogP contribution < -0.4 is 0 Å². The van der Waals surface area contributed by atoms with Crippen molar-refractivity contribution in [1.82, 2.24) is 4.90 Å². The summed E-state index contributed by atoms with van der Waals surface area (Å²) in [4.78, 5) is 21.9. The molecule has 1 atom stereocenters. The highest BCUT2D eigenvalue weighted by Gasteiger charge is 2.44. The number of carboxylic acids is 1. The number of aliphatic carboxylic acids is 1. The van der Waals surface area contributed by atoms with Crippen molar-refractivity contribution in [2.45, 2.75) is 19.0 Å². The number of carbonyl (C=O) groups is 2. The molecule has 0 aromatic rings. The lowest BCUT2D eigenvalue weighted by Gasteiger charge is -2.31. The summed E-state index contributed by atoms with van der Waals surface area (Å²) in [6, 6.07) is 0. The molecule has 4 nitrogen and oxygen atoms in total. The van der Waals surface area contributed by atoms with Crippen LogP contribution in [-0.2, 0) is 9.59 Å². The Balaban J connectivity index is 2.64. The van der Waals surface area contributed by atoms with Crippen LogP contribution in [0.4, 0.5) is 13.2 Å². The molecule has 1 aliphatic rings. The molecule has 0 aliphatic carbocycles. The molecule has 1 fully saturated rings. The van der Waals surface area contributed by atoms with Crippen molar-refractivity contribution in [3.8, 4) is 0 Å². The predicted molar refractivity (Wildman–Crippen MR) is 43.0 cm³/mol. The topological polar surface area (TPSA) is 57.6 Å². The SMILES string of the molecule is O=C(O)C1CCCN(C(=O)C(F)(F)F)C1. The summed E-state index contributed by atoms with van der Waals surface area (Å²) in [5.74, 6) is -3.99. The van der Waals surface area contributed by atoms with Crippen LogP contribution >= 0.6 is 0 Å². The van der Waals surface area contributed by atoms with E-state index in [1.54, 1.807) is 0 Å². The number of alkyl halides is 3. The van der Waals surface area contributed by atoms with Gasteiger partial charge in [0.2, 0.25) is 0 Å². The molecule has 0 saturated carbocycles. The summed E-state index contributed by atoms with van der Waals surface area (Å²) in [7, 11) is 0. The maximum atomic E-state index is 12.0. The van der Waals surface area contributed by atoms with Crippen LogP contribution in [0.15, 0.2) is 0 Å². The van der Waals surface area contributed by atoms with Crippen LogP contribution in [0, 0.1) is 5.92 Å². The number of nitrogens with zero attached hydrogens (tertiary/aromatic N) is 1. The van der Waals surface area contributed by atoms with Crippen LogP contribution in [0.25, 0.3) is 0 Å². The minimum absolute atomic E-state index is 0.0257. The van der Waals surface area contributed by atoms with Gasteiger partial charge in [0.15, 0.2) is 0 Å². The molecule has 1 N–H and O–H groups in total. The minimum Gasteiger partial charge on any atom is -0.481 e. The highest BCUT2D eigenvalue weighted by atomic mass is 19.4. The van der Waals surface area contributed by atoms with E-state index in [2.05, 4.69) is 0 Å². The second-order valence-corrected chi connectivity index (χ2v) is 3.43. The Kier molecular flexibility index (Phi) is 3.21. The van der Waals surface area contributed by atoms with E-state index < -0.39 is 24.0 Å². The first kappa shape index (κ1) is 11.8. The molecule has 0 spiro atoms. The number of carbonyl (C=O) groups excluding carboxylic acids is 1. The number of carboxylic acid groups (broad SMARTS) is 1. The van der Waals surface area contributed by atoms with Crippen molar-refractivity contribution in [3.05, 3.63) is 0 Å². The Hall–Kier alpha value is -1.27. The van der Waals surface area contributed by atoms with E-state index in [0.717, 1.165) is 0 Å². The van der Waals surface area contributed by atoms with Gasteiger partial charge in [0, 0.05) is 13.1 Å². The molecule has 1 unspecified atom stereocenters. The van der Waals surface area contributed by atoms with Crippen molar-refractivity contribution >= 4 is 11.9 Å². The summed E-state index contributed by atoms with van der Waals surface area (Å²) in [6.45, 7) is -0.379. The van der Waals surface area contributed by atoms with Gasteiger partial charge < -0.3 is 10.0 Å². The number of amides is 1. The van der Waals surface area contributed by atoms with Gasteiger partial charge in [-0.05, 0) is 12.8 Å². The van der Waals surface area contributed by atoms with Crippen molar-refractivity contribution in [3.63, 3.8) is 0 Å². The first-order chi connectivity index (χ1) is 6.82. The number of piperidine rings is 1. The zero-order valence-corrected chi connectivity index (χ0v) is 7.75. The standard InChI is InChI=1S/C8H10F3NO3/c9-8(10,11)7(15)12-3-1-2-5(4-12)6(13)14/h5H,1-4H2,(H,13,14). The largest absolute Gasteiger partial charge is 0.481 e. The molecular formula is C8H10F3NO3. The van der Waals surface area contributed by atoms with E-state index in [4.69, 9.17) is 5.11 Å². The molecule has 0 aromatic heterocycles. The zero-order chi connectivity index (χ0) is 11.6. The quantitative estimate of drug-likeness (QED) is 0.720. The summed E-state index contributed by atoms with van der Waals surface area (Å²) in [5, 5.41) is 8.62. The van der Waals surface area contributed by atoms with Gasteiger partial charge in [-0.3, -0.25) is 9.59 Å². The van der Waals surface area contributed by atoms with Crippen LogP contribution in [0.3, 0.4) is 0 Å². The number of hydrogen-bond acceptors (Lipinski definition) is 2. The fourth-order valence-electron chi connectivity index (χ4n) is 1.54. The number of halogens is 3. The van der Waals surface area contributed by atoms with E-state index in [1.165, 1.54) is 0 Å². The van der Waals surface area contributed by atoms with Gasteiger partial charge in [0.1, 0.15) is 0 Å². The lowest BCUT2D eigenvalue weighted by Crippen LogP contribution is -2.47. The summed E-state index contributed by atoms with van der Waals surface area (Å²) in [6.07, 6.45) is -4.31. The minimum atomic E-state index is -4.92. The fraction of sp³-hybridized carbons (Fsp3) is 0.750. The van der Waals surface area contributed by atoms with E-state index in [0.29, 0.717) is 17.7 Å². The molecule has 15 heavy (non-hydrogen) atoms. The van der Waals surface area contributed by atoms with E-state index in [9.17, 15) is 22.8 Å². The monoisotopic (exact) mass is 225 g/mol. The first-order valence-corrected chi connectivity index (χ1v) is 4.41. The Morgan fingerprint density at radius 3 is 2.40 bits per heavy atom. The number of hydrogen-bond donors (Lipinski definition) is 1. The van der Waals surface area contributed by atoms with Crippen LogP contribution in [0.1, 0.15) is 12.8 Å². The van der Waals surface area contributed by atoms with E-state index >= 15 is 0 Å². The van der Waals surface area contributed by atoms with Gasteiger partial charge in [-0.25, -0.2) is 0 Å². The molecule has 7 heteroatoms. The maximum absolute atomic E-state index is 12.0. The average molecular weight is 225 g/mol. The summed E-state index contributed by atoms with van der Waals surface area (Å²) >= 11 is 0. The molecule has 0 bridgehead atoms. The molecule has 0 radical (unpaired) electrons. The smallest absolute Gasteiger partial charge is 0.471 e. The predicted octanol–water partition coefficient (Wildman–Crippen LogP) is 0.872. The normalized spacial score (nSPS) is 22.6. The summed E-state index contributed by atoms with van der Waals surface area (Å²) in [5.41, 5.74) is 0. The lowest BCUT2D eigenvalue weighted by atomic mass is 9.98. The van der Waals surface area contributed by atoms with Gasteiger partial charge in [-0.2, -0.15) is 13.2 Å². The third-order valence-corrected chi connectivity index (χ3v) is 2.30. The summed E-state index contributed by atoms with van der Waals surface area (Å²) < 4.78 is 36.1. The van der Waals surface area contributed by atoms with Crippen LogP contribution in [0.5, 0.6) is 0 Å². The molecule has 1 aliphatic heterocycles. The average Bonchev–Trinajstić information content (AvgIpc) is 2.15. The second-order valence-electron chi connectivity index (χ2n) is 3.43. The van der Waals surface area contributed by atoms with Gasteiger partial charge in [0.25, 0.3) is 0 Å². The van der Waals surface area contributed by atoms with E-state index in [1.807, 2.05) is 0 Å². The maximum Gasteiger partial charge on any atom is 0.471 e. The van der Waals surface area contributed by atoms with E-state index in [-0.39, 0.29) is 13.1 Å². The second kappa shape index (κ2) is 4.08. The Labute approximate surface area is 83.7 Å². The zero-order valence-electron chi connectivity index (χ0n) is 7.75. The molecule has 1 saturated heterocycles. The highest BCUT2D eigenvalue weighted by molar-refractivity contribution is 5.82. The Morgan fingerprint density at radius 2 is 1.93 bits per heavy atom. The highest BCUT2D eigenvalue weighted by Crippen LogP contribution is 2.23. The number of likely N-dealkylation sites (tertiary alicyclic amines) is 1. The van der Waals surface area contributed by atoms with Gasteiger partial charge >= 0.3 is 18.1 Å². The molecule has 1 heterocycles. The van der Waals surface area contributed by atoms with Gasteiger partial charge in [-0.15, -0.1) is 0 Å². The van der Waals surface area contributed by atoms with Crippen LogP contribution in [0.2, 0.25) is 0 Å². The molecule has 1 amide bonds. The number of rotatable bonds is 1. The molecule has 86 valence electrons. The van der Waals surface area contributed by atoms with Crippen LogP contribution in [-0.4, -0.2) is 41.1 Å². The fourth-order valence-corrected chi connectivity index (χ4v) is 1.54. The molecular weight excluding hydrogens is 215 g/mol. The third kappa shape index (κ3) is 2.84. The van der Waals surface area contributed by atoms with Gasteiger partial charge in [-0.1, -0.05) is 0 Å². The Morgan fingerprint density at radius 1 is 1.33 bits per heavy atom.